The number of anilines is 2. The van der Waals surface area contributed by atoms with Crippen LogP contribution in [0.4, 0.5) is 21.9 Å². The Hall–Kier alpha value is -5.82. The molecule has 0 bridgehead atoms. The largest absolute Gasteiger partial charge is 0.462 e. The molecular formula is C39H43N3O9Si. The molecule has 0 aliphatic rings. The molecular weight excluding hydrogens is 683 g/mol. The number of nitro benzene ring substituents is 1. The Bertz CT molecular complexity index is 2000. The number of ether oxygens (including phenoxy) is 3. The smallest absolute Gasteiger partial charge is 0.412 e. The first-order valence-electron chi connectivity index (χ1n) is 16.7. The van der Waals surface area contributed by atoms with E-state index in [4.69, 9.17) is 14.2 Å². The quantitative estimate of drug-likeness (QED) is 0.0476. The first kappa shape index (κ1) is 39.0. The van der Waals surface area contributed by atoms with Crippen molar-refractivity contribution in [2.75, 3.05) is 23.8 Å². The molecule has 0 aromatic heterocycles. The van der Waals surface area contributed by atoms with Gasteiger partial charge in [0.1, 0.15) is 5.60 Å². The molecule has 0 atom stereocenters. The van der Waals surface area contributed by atoms with Crippen LogP contribution in [0.25, 0.3) is 22.3 Å². The van der Waals surface area contributed by atoms with Gasteiger partial charge in [-0.05, 0) is 105 Å². The van der Waals surface area contributed by atoms with Crippen LogP contribution in [0.5, 0.6) is 0 Å². The van der Waals surface area contributed by atoms with Gasteiger partial charge >= 0.3 is 18.0 Å². The summed E-state index contributed by atoms with van der Waals surface area (Å²) in [6.07, 6.45) is -0.696. The minimum atomic E-state index is -1.46. The van der Waals surface area contributed by atoms with E-state index in [-0.39, 0.29) is 35.6 Å². The van der Waals surface area contributed by atoms with Crippen molar-refractivity contribution in [1.82, 2.24) is 0 Å². The molecule has 0 unspecified atom stereocenters. The fourth-order valence-corrected chi connectivity index (χ4v) is 5.69. The van der Waals surface area contributed by atoms with E-state index in [1.54, 1.807) is 70.2 Å². The molecule has 0 saturated heterocycles. The third kappa shape index (κ3) is 11.4. The molecule has 0 aliphatic heterocycles. The zero-order valence-electron chi connectivity index (χ0n) is 30.3. The van der Waals surface area contributed by atoms with Crippen LogP contribution in [0.1, 0.15) is 58.8 Å². The number of nitrogens with zero attached hydrogens (tertiary/aromatic N) is 1. The predicted molar refractivity (Wildman–Crippen MR) is 203 cm³/mol. The fraction of sp³-hybridized carbons (Fsp3) is 0.282. The van der Waals surface area contributed by atoms with Crippen molar-refractivity contribution in [3.05, 3.63) is 112 Å². The lowest BCUT2D eigenvalue weighted by molar-refractivity contribution is -0.384. The van der Waals surface area contributed by atoms with Crippen molar-refractivity contribution in [2.45, 2.75) is 59.0 Å². The van der Waals surface area contributed by atoms with Gasteiger partial charge in [-0.1, -0.05) is 43.9 Å². The molecule has 272 valence electrons. The van der Waals surface area contributed by atoms with E-state index in [1.165, 1.54) is 42.5 Å². The van der Waals surface area contributed by atoms with E-state index < -0.39 is 42.5 Å². The number of benzene rings is 4. The molecule has 0 fully saturated rings. The van der Waals surface area contributed by atoms with E-state index in [9.17, 15) is 29.3 Å². The molecule has 4 rings (SSSR count). The Balaban J connectivity index is 1.68. The number of nitrogens with one attached hydrogen (secondary N) is 2. The maximum absolute atomic E-state index is 13.7. The summed E-state index contributed by atoms with van der Waals surface area (Å²) in [7, 11) is -1.46. The van der Waals surface area contributed by atoms with Gasteiger partial charge in [-0.25, -0.2) is 14.4 Å². The number of hydrogen-bond acceptors (Lipinski definition) is 9. The van der Waals surface area contributed by atoms with Gasteiger partial charge in [-0.3, -0.25) is 20.2 Å². The molecule has 0 saturated carbocycles. The number of non-ortho nitro benzene ring substituents is 1. The van der Waals surface area contributed by atoms with Crippen molar-refractivity contribution >= 4 is 49.1 Å². The van der Waals surface area contributed by atoms with E-state index in [0.717, 1.165) is 6.04 Å². The molecule has 0 spiro atoms. The summed E-state index contributed by atoms with van der Waals surface area (Å²) in [5.41, 5.74) is 2.26. The van der Waals surface area contributed by atoms with Crippen molar-refractivity contribution in [3.63, 3.8) is 0 Å². The summed E-state index contributed by atoms with van der Waals surface area (Å²) in [5.74, 6) is -1.75. The SMILES string of the molecule is CCOC(=O)c1cc(C(=O)Nc2cccc(-c3cc(NC(=O)OC(C)(C)C)cc(C(=O)OCC[Si](C)(C)C)c3)c2)cc(-c2cccc([N+](=O)[O-])c2)c1. The number of carbonyl (C=O) groups excluding carboxylic acids is 4. The maximum Gasteiger partial charge on any atom is 0.412 e. The third-order valence-corrected chi connectivity index (χ3v) is 9.15. The van der Waals surface area contributed by atoms with Crippen LogP contribution in [0.3, 0.4) is 0 Å². The molecule has 2 N–H and O–H groups in total. The fourth-order valence-electron chi connectivity index (χ4n) is 4.98. The van der Waals surface area contributed by atoms with Gasteiger partial charge in [-0.15, -0.1) is 0 Å². The first-order valence-corrected chi connectivity index (χ1v) is 20.4. The van der Waals surface area contributed by atoms with Crippen LogP contribution in [-0.2, 0) is 14.2 Å². The second-order valence-electron chi connectivity index (χ2n) is 14.2. The zero-order valence-corrected chi connectivity index (χ0v) is 31.3. The number of hydrogen-bond donors (Lipinski definition) is 2. The summed E-state index contributed by atoms with van der Waals surface area (Å²) < 4.78 is 16.2. The molecule has 12 nitrogen and oxygen atoms in total. The van der Waals surface area contributed by atoms with Gasteiger partial charge in [0.15, 0.2) is 0 Å². The summed E-state index contributed by atoms with van der Waals surface area (Å²) in [6, 6.07) is 22.8. The normalized spacial score (nSPS) is 11.3. The minimum Gasteiger partial charge on any atom is -0.462 e. The van der Waals surface area contributed by atoms with Crippen LogP contribution < -0.4 is 10.6 Å². The van der Waals surface area contributed by atoms with Crippen molar-refractivity contribution < 1.29 is 38.3 Å². The van der Waals surface area contributed by atoms with Crippen LogP contribution >= 0.6 is 0 Å². The van der Waals surface area contributed by atoms with Crippen LogP contribution in [0.2, 0.25) is 25.7 Å². The summed E-state index contributed by atoms with van der Waals surface area (Å²) in [6.45, 7) is 13.8. The molecule has 0 aliphatic carbocycles. The van der Waals surface area contributed by atoms with Crippen molar-refractivity contribution in [3.8, 4) is 22.3 Å². The van der Waals surface area contributed by atoms with Crippen molar-refractivity contribution in [1.29, 1.82) is 0 Å². The standard InChI is InChI=1S/C39H43N3O9Si/c1-8-49-36(44)30-18-27(26-12-10-14-34(24-26)42(47)48)17-29(20-30)35(43)40-32-13-9-11-25(21-32)28-19-31(37(45)50-15-16-52(5,6)7)23-33(22-28)41-38(46)51-39(2,3)4/h9-14,17-24H,8,15-16H2,1-7H3,(H,40,43)(H,41,46). The Morgan fingerprint density at radius 2 is 1.29 bits per heavy atom. The van der Waals surface area contributed by atoms with Crippen LogP contribution in [0, 0.1) is 10.1 Å². The summed E-state index contributed by atoms with van der Waals surface area (Å²) in [5, 5.41) is 17.0. The Morgan fingerprint density at radius 1 is 0.712 bits per heavy atom. The number of amides is 2. The molecule has 2 amide bonds. The third-order valence-electron chi connectivity index (χ3n) is 7.45. The number of carbonyl (C=O) groups is 4. The molecule has 0 heterocycles. The first-order chi connectivity index (χ1) is 24.4. The van der Waals surface area contributed by atoms with Crippen LogP contribution in [-0.4, -0.2) is 55.8 Å². The highest BCUT2D eigenvalue weighted by Gasteiger charge is 2.20. The highest BCUT2D eigenvalue weighted by Crippen LogP contribution is 2.30. The average Bonchev–Trinajstić information content (AvgIpc) is 3.06. The van der Waals surface area contributed by atoms with E-state index in [0.29, 0.717) is 33.6 Å². The molecule has 52 heavy (non-hydrogen) atoms. The van der Waals surface area contributed by atoms with E-state index in [1.807, 2.05) is 0 Å². The van der Waals surface area contributed by atoms with Gasteiger partial charge in [0.05, 0.1) is 29.3 Å². The molecule has 4 aromatic carbocycles. The lowest BCUT2D eigenvalue weighted by Crippen LogP contribution is -2.27. The molecule has 4 aromatic rings. The Morgan fingerprint density at radius 3 is 1.92 bits per heavy atom. The van der Waals surface area contributed by atoms with Crippen LogP contribution in [0.15, 0.2) is 84.9 Å². The topological polar surface area (TPSA) is 163 Å². The van der Waals surface area contributed by atoms with Gasteiger partial charge in [0.2, 0.25) is 0 Å². The second kappa shape index (κ2) is 16.5. The van der Waals surface area contributed by atoms with Gasteiger partial charge < -0.3 is 19.5 Å². The monoisotopic (exact) mass is 725 g/mol. The lowest BCUT2D eigenvalue weighted by atomic mass is 9.98. The summed E-state index contributed by atoms with van der Waals surface area (Å²) >= 11 is 0. The predicted octanol–water partition coefficient (Wildman–Crippen LogP) is 9.20. The number of nitro groups is 1. The highest BCUT2D eigenvalue weighted by molar-refractivity contribution is 6.76. The van der Waals surface area contributed by atoms with E-state index in [2.05, 4.69) is 30.3 Å². The average molecular weight is 726 g/mol. The number of esters is 2. The van der Waals surface area contributed by atoms with Gasteiger partial charge in [0.25, 0.3) is 11.6 Å². The van der Waals surface area contributed by atoms with E-state index >= 15 is 0 Å². The number of rotatable bonds is 12. The Labute approximate surface area is 303 Å². The van der Waals surface area contributed by atoms with Crippen molar-refractivity contribution in [2.24, 2.45) is 0 Å². The highest BCUT2D eigenvalue weighted by atomic mass is 28.3. The van der Waals surface area contributed by atoms with Gasteiger partial charge in [0, 0.05) is 37.1 Å². The Kier molecular flexibility index (Phi) is 12.3. The zero-order chi connectivity index (χ0) is 38.2. The lowest BCUT2D eigenvalue weighted by Gasteiger charge is -2.20. The summed E-state index contributed by atoms with van der Waals surface area (Å²) in [4.78, 5) is 63.1. The maximum atomic E-state index is 13.7. The second-order valence-corrected chi connectivity index (χ2v) is 19.9. The molecule has 0 radical (unpaired) electrons. The minimum absolute atomic E-state index is 0.100. The molecule has 13 heteroatoms. The van der Waals surface area contributed by atoms with Gasteiger partial charge in [-0.2, -0.15) is 0 Å².